The molecule has 0 bridgehead atoms. The molecule has 3 N–H and O–H groups in total. The van der Waals surface area contributed by atoms with E-state index in [0.29, 0.717) is 11.3 Å². The number of nitrogens with one attached hydrogen (secondary N) is 2. The highest BCUT2D eigenvalue weighted by molar-refractivity contribution is 7.92. The van der Waals surface area contributed by atoms with E-state index >= 15 is 0 Å². The summed E-state index contributed by atoms with van der Waals surface area (Å²) in [6.07, 6.45) is 2.82. The number of rotatable bonds is 3. The number of aromatic nitrogens is 2. The Bertz CT molecular complexity index is 695. The minimum atomic E-state index is -3.63. The smallest absolute Gasteiger partial charge is 0.261 e. The molecule has 0 unspecified atom stereocenters. The maximum Gasteiger partial charge on any atom is 0.261 e. The molecule has 0 atom stereocenters. The zero-order valence-electron chi connectivity index (χ0n) is 9.79. The molecule has 0 aliphatic rings. The van der Waals surface area contributed by atoms with Crippen LogP contribution in [0.1, 0.15) is 5.56 Å². The predicted octanol–water partition coefficient (Wildman–Crippen LogP) is 0.554. The summed E-state index contributed by atoms with van der Waals surface area (Å²) in [5.74, 6) is 5.18. The van der Waals surface area contributed by atoms with Gasteiger partial charge in [-0.25, -0.2) is 8.42 Å². The minimum absolute atomic E-state index is 0.128. The Kier molecular flexibility index (Phi) is 3.85. The van der Waals surface area contributed by atoms with Crippen molar-refractivity contribution in [2.45, 2.75) is 4.90 Å². The lowest BCUT2D eigenvalue weighted by Crippen LogP contribution is -2.12. The zero-order valence-corrected chi connectivity index (χ0v) is 10.6. The summed E-state index contributed by atoms with van der Waals surface area (Å²) in [6.45, 7) is -0.234. The van der Waals surface area contributed by atoms with Gasteiger partial charge in [0.2, 0.25) is 0 Å². The number of aliphatic hydroxyl groups excluding tert-OH is 1. The molecule has 0 saturated heterocycles. The molecular weight excluding hydrogens is 266 g/mol. The first-order chi connectivity index (χ1) is 9.12. The largest absolute Gasteiger partial charge is 0.384 e. The molecule has 0 saturated carbocycles. The van der Waals surface area contributed by atoms with Crippen molar-refractivity contribution in [1.29, 1.82) is 0 Å². The van der Waals surface area contributed by atoms with Crippen molar-refractivity contribution in [1.82, 2.24) is 10.2 Å². The highest BCUT2D eigenvalue weighted by Gasteiger charge is 2.14. The number of hydrogen-bond donors (Lipinski definition) is 3. The van der Waals surface area contributed by atoms with E-state index in [-0.39, 0.29) is 11.5 Å². The van der Waals surface area contributed by atoms with Crippen molar-refractivity contribution >= 4 is 15.7 Å². The van der Waals surface area contributed by atoms with Crippen LogP contribution in [0.3, 0.4) is 0 Å². The van der Waals surface area contributed by atoms with Crippen molar-refractivity contribution in [3.63, 3.8) is 0 Å². The maximum atomic E-state index is 12.0. The van der Waals surface area contributed by atoms with Crippen LogP contribution in [0.2, 0.25) is 0 Å². The van der Waals surface area contributed by atoms with Gasteiger partial charge in [0.05, 0.1) is 16.8 Å². The fourth-order valence-corrected chi connectivity index (χ4v) is 2.41. The van der Waals surface area contributed by atoms with E-state index in [2.05, 4.69) is 26.8 Å². The van der Waals surface area contributed by atoms with Gasteiger partial charge in [-0.05, 0) is 24.3 Å². The van der Waals surface area contributed by atoms with Crippen LogP contribution in [0, 0.1) is 11.8 Å². The first-order valence-corrected chi connectivity index (χ1v) is 6.81. The maximum absolute atomic E-state index is 12.0. The molecule has 1 aromatic carbocycles. The second-order valence-corrected chi connectivity index (χ2v) is 5.26. The lowest BCUT2D eigenvalue weighted by atomic mass is 10.2. The highest BCUT2D eigenvalue weighted by atomic mass is 32.2. The molecule has 1 aromatic heterocycles. The summed E-state index contributed by atoms with van der Waals surface area (Å²) >= 11 is 0. The van der Waals surface area contributed by atoms with Gasteiger partial charge in [-0.3, -0.25) is 9.82 Å². The normalized spacial score (nSPS) is 10.6. The monoisotopic (exact) mass is 277 g/mol. The second kappa shape index (κ2) is 5.56. The summed E-state index contributed by atoms with van der Waals surface area (Å²) in [5.41, 5.74) is 1.00. The third-order valence-electron chi connectivity index (χ3n) is 2.23. The summed E-state index contributed by atoms with van der Waals surface area (Å²) in [5, 5.41) is 14.7. The lowest BCUT2D eigenvalue weighted by Gasteiger charge is -2.05. The van der Waals surface area contributed by atoms with Gasteiger partial charge < -0.3 is 5.11 Å². The first kappa shape index (κ1) is 13.1. The predicted molar refractivity (Wildman–Crippen MR) is 69.8 cm³/mol. The first-order valence-electron chi connectivity index (χ1n) is 5.33. The van der Waals surface area contributed by atoms with Crippen molar-refractivity contribution in [3.05, 3.63) is 42.2 Å². The van der Waals surface area contributed by atoms with Gasteiger partial charge in [0.1, 0.15) is 6.61 Å². The molecule has 0 radical (unpaired) electrons. The van der Waals surface area contributed by atoms with Crippen molar-refractivity contribution in [2.24, 2.45) is 0 Å². The SMILES string of the molecule is O=S(=O)(Nc1cn[nH]c1)c1ccc(C#CCO)cc1. The summed E-state index contributed by atoms with van der Waals surface area (Å²) in [6, 6.07) is 6.05. The Balaban J connectivity index is 2.21. The topological polar surface area (TPSA) is 95.1 Å². The van der Waals surface area contributed by atoms with Gasteiger partial charge in [-0.1, -0.05) is 11.8 Å². The number of aromatic amines is 1. The molecule has 0 aliphatic heterocycles. The Morgan fingerprint density at radius 3 is 2.63 bits per heavy atom. The Morgan fingerprint density at radius 2 is 2.05 bits per heavy atom. The molecule has 0 aliphatic carbocycles. The zero-order chi connectivity index (χ0) is 13.7. The number of hydrogen-bond acceptors (Lipinski definition) is 4. The van der Waals surface area contributed by atoms with E-state index in [1.165, 1.54) is 24.5 Å². The molecule has 1 heterocycles. The number of nitrogens with zero attached hydrogens (tertiary/aromatic N) is 1. The molecule has 0 amide bonds. The van der Waals surface area contributed by atoms with E-state index in [1.807, 2.05) is 0 Å². The van der Waals surface area contributed by atoms with Gasteiger partial charge in [0.25, 0.3) is 10.0 Å². The third-order valence-corrected chi connectivity index (χ3v) is 3.62. The minimum Gasteiger partial charge on any atom is -0.384 e. The van der Waals surface area contributed by atoms with Crippen LogP contribution in [0.25, 0.3) is 0 Å². The number of benzene rings is 1. The van der Waals surface area contributed by atoms with E-state index < -0.39 is 10.0 Å². The van der Waals surface area contributed by atoms with Crippen LogP contribution in [0.15, 0.2) is 41.6 Å². The molecule has 6 nitrogen and oxygen atoms in total. The van der Waals surface area contributed by atoms with Crippen molar-refractivity contribution in [3.8, 4) is 11.8 Å². The van der Waals surface area contributed by atoms with Crippen LogP contribution in [-0.4, -0.2) is 30.3 Å². The Hall–Kier alpha value is -2.30. The van der Waals surface area contributed by atoms with Gasteiger partial charge in [0, 0.05) is 11.8 Å². The van der Waals surface area contributed by atoms with Crippen molar-refractivity contribution in [2.75, 3.05) is 11.3 Å². The lowest BCUT2D eigenvalue weighted by molar-refractivity contribution is 0.350. The molecule has 0 fully saturated rings. The van der Waals surface area contributed by atoms with E-state index in [1.54, 1.807) is 12.1 Å². The Morgan fingerprint density at radius 1 is 1.32 bits per heavy atom. The molecule has 2 rings (SSSR count). The molecule has 98 valence electrons. The third kappa shape index (κ3) is 3.34. The molecule has 19 heavy (non-hydrogen) atoms. The van der Waals surface area contributed by atoms with Crippen LogP contribution >= 0.6 is 0 Å². The summed E-state index contributed by atoms with van der Waals surface area (Å²) in [4.78, 5) is 0.128. The van der Waals surface area contributed by atoms with Gasteiger partial charge in [0.15, 0.2) is 0 Å². The standard InChI is InChI=1S/C12H11N3O3S/c16-7-1-2-10-3-5-12(6-4-10)19(17,18)15-11-8-13-14-9-11/h3-6,8-9,15-16H,7H2,(H,13,14). The van der Waals surface area contributed by atoms with Crippen LogP contribution < -0.4 is 4.72 Å². The summed E-state index contributed by atoms with van der Waals surface area (Å²) in [7, 11) is -3.63. The fraction of sp³-hybridized carbons (Fsp3) is 0.0833. The van der Waals surface area contributed by atoms with Gasteiger partial charge in [-0.15, -0.1) is 0 Å². The number of sulfonamides is 1. The van der Waals surface area contributed by atoms with E-state index in [4.69, 9.17) is 5.11 Å². The van der Waals surface area contributed by atoms with Gasteiger partial charge in [-0.2, -0.15) is 5.10 Å². The van der Waals surface area contributed by atoms with Crippen LogP contribution in [0.5, 0.6) is 0 Å². The van der Waals surface area contributed by atoms with Crippen molar-refractivity contribution < 1.29 is 13.5 Å². The van der Waals surface area contributed by atoms with Crippen LogP contribution in [0.4, 0.5) is 5.69 Å². The number of H-pyrrole nitrogens is 1. The molecule has 2 aromatic rings. The fourth-order valence-electron chi connectivity index (χ4n) is 1.38. The van der Waals surface area contributed by atoms with E-state index in [0.717, 1.165) is 0 Å². The summed E-state index contributed by atoms with van der Waals surface area (Å²) < 4.78 is 26.4. The quantitative estimate of drug-likeness (QED) is 0.714. The number of anilines is 1. The van der Waals surface area contributed by atoms with Crippen LogP contribution in [-0.2, 0) is 10.0 Å². The Labute approximate surface area is 110 Å². The second-order valence-electron chi connectivity index (χ2n) is 3.58. The molecule has 7 heteroatoms. The molecule has 0 spiro atoms. The van der Waals surface area contributed by atoms with E-state index in [9.17, 15) is 8.42 Å². The average Bonchev–Trinajstić information content (AvgIpc) is 2.89. The highest BCUT2D eigenvalue weighted by Crippen LogP contribution is 2.15. The molecular formula is C12H11N3O3S. The average molecular weight is 277 g/mol. The van der Waals surface area contributed by atoms with Gasteiger partial charge >= 0.3 is 0 Å². The number of aliphatic hydroxyl groups is 1.